The second-order valence-corrected chi connectivity index (χ2v) is 8.07. The molecule has 4 rings (SSSR count). The summed E-state index contributed by atoms with van der Waals surface area (Å²) < 4.78 is 5.95. The molecule has 2 N–H and O–H groups in total. The fourth-order valence-electron chi connectivity index (χ4n) is 3.76. The van der Waals surface area contributed by atoms with Gasteiger partial charge in [-0.2, -0.15) is 0 Å². The van der Waals surface area contributed by atoms with Gasteiger partial charge >= 0.3 is 0 Å². The third-order valence-corrected chi connectivity index (χ3v) is 5.52. The SMILES string of the molecule is C=C1/C(=C/c2cc(C)cc(Cl)c2)Cc2cc(OCc3ccc(C(=O)NO)cc3)ccc21. The second kappa shape index (κ2) is 8.80. The quantitative estimate of drug-likeness (QED) is 0.384. The fourth-order valence-corrected chi connectivity index (χ4v) is 4.05. The number of ether oxygens (including phenoxy) is 1. The second-order valence-electron chi connectivity index (χ2n) is 7.63. The average Bonchev–Trinajstić information content (AvgIpc) is 3.06. The number of benzene rings is 3. The van der Waals surface area contributed by atoms with E-state index in [1.54, 1.807) is 29.7 Å². The van der Waals surface area contributed by atoms with Crippen LogP contribution in [-0.4, -0.2) is 11.1 Å². The molecule has 0 unspecified atom stereocenters. The van der Waals surface area contributed by atoms with Crippen molar-refractivity contribution in [2.45, 2.75) is 20.0 Å². The molecule has 0 heterocycles. The molecule has 1 aliphatic rings. The van der Waals surface area contributed by atoms with Crippen LogP contribution in [0.3, 0.4) is 0 Å². The number of amides is 1. The van der Waals surface area contributed by atoms with Gasteiger partial charge in [0.05, 0.1) is 0 Å². The van der Waals surface area contributed by atoms with Crippen molar-refractivity contribution in [3.05, 3.63) is 111 Å². The van der Waals surface area contributed by atoms with E-state index in [0.29, 0.717) is 12.2 Å². The topological polar surface area (TPSA) is 58.6 Å². The van der Waals surface area contributed by atoms with Crippen LogP contribution in [0.4, 0.5) is 0 Å². The van der Waals surface area contributed by atoms with Crippen LogP contribution in [0.25, 0.3) is 11.6 Å². The molecular formula is C26H22ClNO3. The van der Waals surface area contributed by atoms with Gasteiger partial charge in [0, 0.05) is 10.6 Å². The lowest BCUT2D eigenvalue weighted by Gasteiger charge is -2.09. The van der Waals surface area contributed by atoms with Crippen LogP contribution in [0.15, 0.2) is 72.8 Å². The lowest BCUT2D eigenvalue weighted by atomic mass is 10.0. The number of carbonyl (C=O) groups excluding carboxylic acids is 1. The maximum atomic E-state index is 11.4. The normalized spacial score (nSPS) is 13.9. The monoisotopic (exact) mass is 431 g/mol. The van der Waals surface area contributed by atoms with Crippen LogP contribution in [-0.2, 0) is 13.0 Å². The minimum absolute atomic E-state index is 0.380. The number of carbonyl (C=O) groups is 1. The predicted octanol–water partition coefficient (Wildman–Crippen LogP) is 6.00. The molecule has 3 aromatic carbocycles. The van der Waals surface area contributed by atoms with Gasteiger partial charge in [-0.05, 0) is 88.7 Å². The van der Waals surface area contributed by atoms with Crippen LogP contribution in [0.2, 0.25) is 5.02 Å². The molecule has 156 valence electrons. The van der Waals surface area contributed by atoms with Gasteiger partial charge in [0.15, 0.2) is 0 Å². The Bertz CT molecular complexity index is 1180. The molecule has 0 bridgehead atoms. The van der Waals surface area contributed by atoms with Crippen molar-refractivity contribution in [1.29, 1.82) is 0 Å². The zero-order valence-corrected chi connectivity index (χ0v) is 17.9. The molecule has 0 saturated heterocycles. The first-order valence-electron chi connectivity index (χ1n) is 9.89. The highest BCUT2D eigenvalue weighted by Gasteiger charge is 2.20. The largest absolute Gasteiger partial charge is 0.489 e. The van der Waals surface area contributed by atoms with E-state index >= 15 is 0 Å². The number of fused-ring (bicyclic) bond motifs is 1. The van der Waals surface area contributed by atoms with E-state index in [1.165, 1.54) is 11.1 Å². The van der Waals surface area contributed by atoms with E-state index in [9.17, 15) is 4.79 Å². The summed E-state index contributed by atoms with van der Waals surface area (Å²) in [5.41, 5.74) is 9.65. The summed E-state index contributed by atoms with van der Waals surface area (Å²) in [5.74, 6) is 0.242. The molecule has 0 fully saturated rings. The Kier molecular flexibility index (Phi) is 5.94. The number of hydrogen-bond donors (Lipinski definition) is 2. The molecule has 1 amide bonds. The molecule has 5 heteroatoms. The first-order valence-corrected chi connectivity index (χ1v) is 10.3. The van der Waals surface area contributed by atoms with Crippen LogP contribution in [0.1, 0.15) is 38.2 Å². The lowest BCUT2D eigenvalue weighted by molar-refractivity contribution is 0.0706. The summed E-state index contributed by atoms with van der Waals surface area (Å²) in [6, 6.07) is 19.0. The Morgan fingerprint density at radius 2 is 1.94 bits per heavy atom. The molecule has 4 nitrogen and oxygen atoms in total. The van der Waals surface area contributed by atoms with Gasteiger partial charge in [0.1, 0.15) is 12.4 Å². The Hall–Kier alpha value is -3.34. The maximum absolute atomic E-state index is 11.4. The third kappa shape index (κ3) is 4.71. The van der Waals surface area contributed by atoms with Gasteiger partial charge in [-0.25, -0.2) is 5.48 Å². The number of hydroxylamine groups is 1. The van der Waals surface area contributed by atoms with Crippen molar-refractivity contribution in [3.8, 4) is 5.75 Å². The Morgan fingerprint density at radius 1 is 1.16 bits per heavy atom. The Morgan fingerprint density at radius 3 is 2.65 bits per heavy atom. The summed E-state index contributed by atoms with van der Waals surface area (Å²) in [4.78, 5) is 11.4. The predicted molar refractivity (Wildman–Crippen MR) is 123 cm³/mol. The number of rotatable bonds is 5. The maximum Gasteiger partial charge on any atom is 0.274 e. The van der Waals surface area contributed by atoms with Crippen LogP contribution < -0.4 is 10.2 Å². The molecule has 0 aliphatic heterocycles. The molecule has 0 atom stereocenters. The molecule has 0 spiro atoms. The highest BCUT2D eigenvalue weighted by atomic mass is 35.5. The minimum atomic E-state index is -0.539. The first-order chi connectivity index (χ1) is 14.9. The summed E-state index contributed by atoms with van der Waals surface area (Å²) >= 11 is 6.20. The summed E-state index contributed by atoms with van der Waals surface area (Å²) in [6.45, 7) is 6.69. The molecule has 0 aromatic heterocycles. The summed E-state index contributed by atoms with van der Waals surface area (Å²) in [6.07, 6.45) is 2.94. The molecule has 0 radical (unpaired) electrons. The van der Waals surface area contributed by atoms with Gasteiger partial charge in [-0.15, -0.1) is 0 Å². The molecule has 3 aromatic rings. The van der Waals surface area contributed by atoms with Gasteiger partial charge < -0.3 is 4.74 Å². The third-order valence-electron chi connectivity index (χ3n) is 5.30. The average molecular weight is 432 g/mol. The smallest absolute Gasteiger partial charge is 0.274 e. The zero-order chi connectivity index (χ0) is 22.0. The van der Waals surface area contributed by atoms with E-state index < -0.39 is 5.91 Å². The molecular weight excluding hydrogens is 410 g/mol. The fraction of sp³-hybridized carbons (Fsp3) is 0.115. The van der Waals surface area contributed by atoms with Crippen LogP contribution in [0, 0.1) is 6.92 Å². The number of aryl methyl sites for hydroxylation is 1. The first kappa shape index (κ1) is 20.9. The van der Waals surface area contributed by atoms with Gasteiger partial charge in [-0.1, -0.05) is 48.5 Å². The number of nitrogens with one attached hydrogen (secondary N) is 1. The van der Waals surface area contributed by atoms with Crippen molar-refractivity contribution in [1.82, 2.24) is 5.48 Å². The van der Waals surface area contributed by atoms with Crippen molar-refractivity contribution in [3.63, 3.8) is 0 Å². The highest BCUT2D eigenvalue weighted by Crippen LogP contribution is 2.38. The van der Waals surface area contributed by atoms with Gasteiger partial charge in [-0.3, -0.25) is 10.0 Å². The van der Waals surface area contributed by atoms with E-state index in [-0.39, 0.29) is 0 Å². The lowest BCUT2D eigenvalue weighted by Crippen LogP contribution is -2.18. The van der Waals surface area contributed by atoms with E-state index in [0.717, 1.165) is 45.0 Å². The minimum Gasteiger partial charge on any atom is -0.489 e. The molecule has 1 aliphatic carbocycles. The van der Waals surface area contributed by atoms with E-state index in [2.05, 4.69) is 24.8 Å². The Balaban J connectivity index is 1.47. The van der Waals surface area contributed by atoms with Gasteiger partial charge in [0.2, 0.25) is 0 Å². The van der Waals surface area contributed by atoms with Crippen LogP contribution >= 0.6 is 11.6 Å². The van der Waals surface area contributed by atoms with Crippen molar-refractivity contribution < 1.29 is 14.7 Å². The highest BCUT2D eigenvalue weighted by molar-refractivity contribution is 6.30. The van der Waals surface area contributed by atoms with Crippen molar-refractivity contribution in [2.75, 3.05) is 0 Å². The van der Waals surface area contributed by atoms with Crippen molar-refractivity contribution >= 4 is 29.2 Å². The Labute approximate surface area is 186 Å². The van der Waals surface area contributed by atoms with Gasteiger partial charge in [0.25, 0.3) is 5.91 Å². The molecule has 31 heavy (non-hydrogen) atoms. The molecule has 0 saturated carbocycles. The van der Waals surface area contributed by atoms with Crippen molar-refractivity contribution in [2.24, 2.45) is 0 Å². The summed E-state index contributed by atoms with van der Waals surface area (Å²) in [5, 5.41) is 9.42. The standard InChI is InChI=1S/C26H22ClNO3/c1-16-9-19(12-23(27)10-16)11-21-13-22-14-24(7-8-25(22)17(21)2)31-15-18-3-5-20(6-4-18)26(29)28-30/h3-12,14,30H,2,13,15H2,1H3,(H,28,29)/b21-11+. The zero-order valence-electron chi connectivity index (χ0n) is 17.1. The van der Waals surface area contributed by atoms with Crippen LogP contribution in [0.5, 0.6) is 5.75 Å². The number of hydrogen-bond acceptors (Lipinski definition) is 3. The summed E-state index contributed by atoms with van der Waals surface area (Å²) in [7, 11) is 0. The number of halogens is 1. The van der Waals surface area contributed by atoms with E-state index in [1.807, 2.05) is 31.2 Å². The van der Waals surface area contributed by atoms with E-state index in [4.69, 9.17) is 21.5 Å². The number of allylic oxidation sites excluding steroid dienone is 2.